The van der Waals surface area contributed by atoms with Gasteiger partial charge in [-0.25, -0.2) is 5.43 Å². The lowest BCUT2D eigenvalue weighted by molar-refractivity contribution is -0.155. The summed E-state index contributed by atoms with van der Waals surface area (Å²) in [5.41, 5.74) is 9.93. The minimum atomic E-state index is -0.495. The first-order chi connectivity index (χ1) is 17.1. The topological polar surface area (TPSA) is 74.4 Å². The number of H-pyrrole nitrogens is 1. The van der Waals surface area contributed by atoms with Crippen LogP contribution in [0.2, 0.25) is 0 Å². The number of aryl methyl sites for hydroxylation is 1. The van der Waals surface area contributed by atoms with Crippen molar-refractivity contribution >= 4 is 45.4 Å². The summed E-state index contributed by atoms with van der Waals surface area (Å²) in [4.78, 5) is 29.8. The number of carbonyl (C=O) groups excluding carboxylic acids is 2. The molecule has 6 nitrogen and oxygen atoms in total. The van der Waals surface area contributed by atoms with Crippen molar-refractivity contribution in [1.82, 2.24) is 15.4 Å². The number of esters is 1. The number of aromatic amines is 1. The summed E-state index contributed by atoms with van der Waals surface area (Å²) in [6.45, 7) is 9.27. The number of benzene rings is 2. The van der Waals surface area contributed by atoms with Gasteiger partial charge in [0.2, 0.25) is 5.91 Å². The van der Waals surface area contributed by atoms with Crippen LogP contribution < -0.4 is 5.43 Å². The van der Waals surface area contributed by atoms with Crippen LogP contribution >= 0.6 is 22.6 Å². The van der Waals surface area contributed by atoms with Crippen LogP contribution in [-0.4, -0.2) is 41.1 Å². The van der Waals surface area contributed by atoms with Crippen molar-refractivity contribution in [3.63, 3.8) is 0 Å². The number of nitrogens with zero attached hydrogens (tertiary/aromatic N) is 1. The van der Waals surface area contributed by atoms with Gasteiger partial charge in [0.15, 0.2) is 0 Å². The molecule has 0 saturated carbocycles. The molecule has 0 unspecified atom stereocenters. The van der Waals surface area contributed by atoms with E-state index in [-0.39, 0.29) is 23.2 Å². The summed E-state index contributed by atoms with van der Waals surface area (Å²) < 4.78 is 6.93. The Hall–Kier alpha value is -2.39. The Labute approximate surface area is 226 Å². The molecular formula is C29H34IN3O3. The zero-order valence-electron chi connectivity index (χ0n) is 21.4. The lowest BCUT2D eigenvalue weighted by Gasteiger charge is -2.35. The molecule has 1 fully saturated rings. The predicted molar refractivity (Wildman–Crippen MR) is 150 cm³/mol. The maximum Gasteiger partial charge on any atom is 0.324 e. The van der Waals surface area contributed by atoms with Crippen molar-refractivity contribution in [3.8, 4) is 11.1 Å². The van der Waals surface area contributed by atoms with E-state index in [0.717, 1.165) is 33.2 Å². The number of amides is 1. The average Bonchev–Trinajstić information content (AvgIpc) is 3.14. The van der Waals surface area contributed by atoms with Crippen molar-refractivity contribution in [2.24, 2.45) is 11.3 Å². The van der Waals surface area contributed by atoms with E-state index in [0.29, 0.717) is 26.0 Å². The lowest BCUT2D eigenvalue weighted by atomic mass is 9.86. The van der Waals surface area contributed by atoms with E-state index >= 15 is 0 Å². The van der Waals surface area contributed by atoms with Crippen molar-refractivity contribution in [2.75, 3.05) is 13.2 Å². The molecule has 6 bridgehead atoms. The van der Waals surface area contributed by atoms with Crippen LogP contribution in [0.4, 0.5) is 0 Å². The molecule has 0 radical (unpaired) electrons. The van der Waals surface area contributed by atoms with Gasteiger partial charge >= 0.3 is 5.97 Å². The number of carbonyl (C=O) groups is 2. The first-order valence-electron chi connectivity index (χ1n) is 12.7. The molecule has 1 amide bonds. The first-order valence-corrected chi connectivity index (χ1v) is 13.8. The predicted octanol–water partition coefficient (Wildman–Crippen LogP) is 5.55. The summed E-state index contributed by atoms with van der Waals surface area (Å²) in [6, 6.07) is 12.7. The van der Waals surface area contributed by atoms with E-state index < -0.39 is 6.04 Å². The minimum Gasteiger partial charge on any atom is -0.464 e. The highest BCUT2D eigenvalue weighted by Gasteiger charge is 2.32. The van der Waals surface area contributed by atoms with E-state index in [4.69, 9.17) is 4.74 Å². The fourth-order valence-corrected chi connectivity index (χ4v) is 6.20. The lowest BCUT2D eigenvalue weighted by Crippen LogP contribution is -2.56. The average molecular weight is 600 g/mol. The van der Waals surface area contributed by atoms with Gasteiger partial charge in [-0.1, -0.05) is 50.6 Å². The monoisotopic (exact) mass is 599 g/mol. The second-order valence-electron chi connectivity index (χ2n) is 11.3. The Balaban J connectivity index is 1.59. The molecule has 2 aliphatic rings. The highest BCUT2D eigenvalue weighted by molar-refractivity contribution is 14.1. The van der Waals surface area contributed by atoms with E-state index in [1.165, 1.54) is 22.1 Å². The number of aromatic nitrogens is 1. The third-order valence-corrected chi connectivity index (χ3v) is 8.21. The van der Waals surface area contributed by atoms with Crippen molar-refractivity contribution < 1.29 is 14.3 Å². The van der Waals surface area contributed by atoms with Crippen molar-refractivity contribution in [3.05, 3.63) is 56.8 Å². The highest BCUT2D eigenvalue weighted by Crippen LogP contribution is 2.34. The first kappa shape index (κ1) is 25.3. The largest absolute Gasteiger partial charge is 0.464 e. The molecule has 1 aromatic heterocycles. The molecule has 0 aliphatic carbocycles. The molecule has 3 aromatic rings. The maximum atomic E-state index is 13.3. The van der Waals surface area contributed by atoms with Gasteiger partial charge in [0.25, 0.3) is 0 Å². The van der Waals surface area contributed by atoms with E-state index in [9.17, 15) is 9.59 Å². The van der Waals surface area contributed by atoms with Crippen LogP contribution in [0.3, 0.4) is 0 Å². The van der Waals surface area contributed by atoms with Gasteiger partial charge in [0.1, 0.15) is 6.04 Å². The fraction of sp³-hybridized carbons (Fsp3) is 0.448. The van der Waals surface area contributed by atoms with Gasteiger partial charge in [0, 0.05) is 28.8 Å². The third kappa shape index (κ3) is 5.18. The summed E-state index contributed by atoms with van der Waals surface area (Å²) in [6.07, 6.45) is 2.87. The van der Waals surface area contributed by atoms with Gasteiger partial charge < -0.3 is 9.72 Å². The van der Waals surface area contributed by atoms with Gasteiger partial charge in [-0.05, 0) is 89.6 Å². The maximum absolute atomic E-state index is 13.3. The molecule has 0 spiro atoms. The molecule has 2 aliphatic heterocycles. The Bertz CT molecular complexity index is 1330. The third-order valence-electron chi connectivity index (χ3n) is 7.29. The standard InChI is InChI=1S/C29H34IN3O3/c1-17-10-19-12-18(2)27(34)33-9-5-6-25(32-33)28(35)36-16-29(3,4)15-23-22-14-20(21(11-17)13-19)7-8-24(22)31-26(23)30/h7-8,10-11,13-14,18,25,31-32H,5-6,9,12,15-16H2,1-4H3/t18-,25-/m0/s1. The summed E-state index contributed by atoms with van der Waals surface area (Å²) in [5, 5.41) is 2.83. The van der Waals surface area contributed by atoms with Crippen LogP contribution in [-0.2, 0) is 27.2 Å². The number of fused-ring (bicyclic) bond motifs is 6. The molecule has 3 heterocycles. The number of ether oxygens (including phenoxy) is 1. The summed E-state index contributed by atoms with van der Waals surface area (Å²) in [5.74, 6) is -0.474. The van der Waals surface area contributed by atoms with Crippen LogP contribution in [0.15, 0.2) is 36.4 Å². The number of nitrogens with one attached hydrogen (secondary N) is 2. The molecule has 2 N–H and O–H groups in total. The fourth-order valence-electron chi connectivity index (χ4n) is 5.43. The number of hydrogen-bond donors (Lipinski definition) is 2. The molecule has 2 aromatic carbocycles. The zero-order valence-corrected chi connectivity index (χ0v) is 23.6. The van der Waals surface area contributed by atoms with Crippen LogP contribution in [0.1, 0.15) is 50.3 Å². The SMILES string of the molecule is Cc1cc2cc(c1)-c1ccc3[nH]c(I)c(c3c1)CC(C)(C)COC(=O)[C@@H]1CCCN(N1)C(=O)[C@@H](C)C2. The highest BCUT2D eigenvalue weighted by atomic mass is 127. The van der Waals surface area contributed by atoms with E-state index in [1.807, 2.05) is 6.92 Å². The second kappa shape index (κ2) is 9.82. The molecule has 190 valence electrons. The Kier molecular flexibility index (Phi) is 6.89. The summed E-state index contributed by atoms with van der Waals surface area (Å²) >= 11 is 2.38. The van der Waals surface area contributed by atoms with Crippen LogP contribution in [0.5, 0.6) is 0 Å². The van der Waals surface area contributed by atoms with Gasteiger partial charge in [0.05, 0.1) is 10.3 Å². The molecule has 1 saturated heterocycles. The van der Waals surface area contributed by atoms with Crippen molar-refractivity contribution in [2.45, 2.75) is 59.4 Å². The smallest absolute Gasteiger partial charge is 0.324 e. The normalized spacial score (nSPS) is 22.9. The number of halogens is 1. The van der Waals surface area contributed by atoms with E-state index in [2.05, 4.69) is 90.2 Å². The van der Waals surface area contributed by atoms with Crippen LogP contribution in [0.25, 0.3) is 22.0 Å². The number of hydrazine groups is 1. The Morgan fingerprint density at radius 3 is 2.72 bits per heavy atom. The number of hydrogen-bond acceptors (Lipinski definition) is 4. The van der Waals surface area contributed by atoms with Gasteiger partial charge in [-0.3, -0.25) is 14.6 Å². The van der Waals surface area contributed by atoms with Gasteiger partial charge in [-0.2, -0.15) is 0 Å². The molecule has 5 rings (SSSR count). The minimum absolute atomic E-state index is 0.0185. The molecule has 7 heteroatoms. The Morgan fingerprint density at radius 1 is 1.11 bits per heavy atom. The van der Waals surface area contributed by atoms with Gasteiger partial charge in [-0.15, -0.1) is 0 Å². The summed E-state index contributed by atoms with van der Waals surface area (Å²) in [7, 11) is 0. The molecule has 36 heavy (non-hydrogen) atoms. The molecule has 2 atom stereocenters. The number of cyclic esters (lactones) is 1. The van der Waals surface area contributed by atoms with E-state index in [1.54, 1.807) is 5.01 Å². The second-order valence-corrected chi connectivity index (χ2v) is 12.3. The Morgan fingerprint density at radius 2 is 1.92 bits per heavy atom. The zero-order chi connectivity index (χ0) is 25.6. The van der Waals surface area contributed by atoms with Crippen LogP contribution in [0, 0.1) is 22.0 Å². The van der Waals surface area contributed by atoms with Crippen molar-refractivity contribution in [1.29, 1.82) is 0 Å². The quantitative estimate of drug-likeness (QED) is 0.263. The molecular weight excluding hydrogens is 565 g/mol. The number of rotatable bonds is 0.